The minimum atomic E-state index is -3.48. The van der Waals surface area contributed by atoms with Crippen molar-refractivity contribution in [2.45, 2.75) is 38.3 Å². The zero-order valence-electron chi connectivity index (χ0n) is 12.2. The fourth-order valence-electron chi connectivity index (χ4n) is 3.09. The van der Waals surface area contributed by atoms with Gasteiger partial charge in [-0.1, -0.05) is 0 Å². The van der Waals surface area contributed by atoms with Crippen LogP contribution in [0.4, 0.5) is 8.78 Å². The summed E-state index contributed by atoms with van der Waals surface area (Å²) < 4.78 is 59.0. The number of rotatable bonds is 4. The Balaban J connectivity index is 1.71. The van der Waals surface area contributed by atoms with Gasteiger partial charge in [0.1, 0.15) is 11.6 Å². The third-order valence-corrected chi connectivity index (χ3v) is 6.23. The lowest BCUT2D eigenvalue weighted by Crippen LogP contribution is -2.38. The highest BCUT2D eigenvalue weighted by molar-refractivity contribution is 7.89. The largest absolute Gasteiger partial charge is 0.378 e. The number of fused-ring (bicyclic) bond motifs is 1. The third-order valence-electron chi connectivity index (χ3n) is 4.38. The maximum absolute atomic E-state index is 13.8. The minimum Gasteiger partial charge on any atom is -0.378 e. The Hall–Kier alpha value is -1.05. The molecule has 4 nitrogen and oxygen atoms in total. The van der Waals surface area contributed by atoms with Gasteiger partial charge < -0.3 is 4.74 Å². The summed E-state index contributed by atoms with van der Waals surface area (Å²) in [5.74, 6) is -1.02. The Morgan fingerprint density at radius 3 is 2.64 bits per heavy atom. The van der Waals surface area contributed by atoms with E-state index >= 15 is 0 Å². The van der Waals surface area contributed by atoms with Gasteiger partial charge in [-0.25, -0.2) is 17.2 Å². The Bertz CT molecular complexity index is 657. The van der Waals surface area contributed by atoms with Gasteiger partial charge in [0.2, 0.25) is 10.0 Å². The SMILES string of the molecule is O=S(=O)(CC[C@@H]1CCCO1)N1CCc2c(F)ccc(F)c2C1. The molecule has 0 spiro atoms. The maximum Gasteiger partial charge on any atom is 0.214 e. The van der Waals surface area contributed by atoms with Crippen LogP contribution in [0.25, 0.3) is 0 Å². The third kappa shape index (κ3) is 3.16. The zero-order chi connectivity index (χ0) is 15.7. The van der Waals surface area contributed by atoms with Crippen molar-refractivity contribution in [2.75, 3.05) is 18.9 Å². The van der Waals surface area contributed by atoms with Gasteiger partial charge in [-0.3, -0.25) is 0 Å². The second-order valence-electron chi connectivity index (χ2n) is 5.81. The Kier molecular flexibility index (Phi) is 4.47. The van der Waals surface area contributed by atoms with E-state index in [0.29, 0.717) is 18.6 Å². The van der Waals surface area contributed by atoms with Gasteiger partial charge in [0.05, 0.1) is 11.9 Å². The van der Waals surface area contributed by atoms with Crippen molar-refractivity contribution in [3.8, 4) is 0 Å². The highest BCUT2D eigenvalue weighted by atomic mass is 32.2. The summed E-state index contributed by atoms with van der Waals surface area (Å²) in [7, 11) is -3.48. The molecular formula is C15H19F2NO3S. The number of sulfonamides is 1. The quantitative estimate of drug-likeness (QED) is 0.850. The predicted molar refractivity (Wildman–Crippen MR) is 77.8 cm³/mol. The van der Waals surface area contributed by atoms with Gasteiger partial charge in [-0.05, 0) is 43.4 Å². The van der Waals surface area contributed by atoms with E-state index < -0.39 is 21.7 Å². The maximum atomic E-state index is 13.8. The molecule has 2 heterocycles. The van der Waals surface area contributed by atoms with E-state index in [1.165, 1.54) is 4.31 Å². The number of ether oxygens (including phenoxy) is 1. The van der Waals surface area contributed by atoms with Gasteiger partial charge in [0.25, 0.3) is 0 Å². The molecule has 122 valence electrons. The first-order valence-electron chi connectivity index (χ1n) is 7.52. The molecule has 22 heavy (non-hydrogen) atoms. The first kappa shape index (κ1) is 15.8. The van der Waals surface area contributed by atoms with Crippen molar-refractivity contribution in [1.82, 2.24) is 4.31 Å². The molecule has 7 heteroatoms. The van der Waals surface area contributed by atoms with E-state index in [2.05, 4.69) is 0 Å². The van der Waals surface area contributed by atoms with Crippen molar-refractivity contribution in [3.63, 3.8) is 0 Å². The lowest BCUT2D eigenvalue weighted by atomic mass is 10.00. The summed E-state index contributed by atoms with van der Waals surface area (Å²) in [6, 6.07) is 2.15. The van der Waals surface area contributed by atoms with Crippen molar-refractivity contribution in [2.24, 2.45) is 0 Å². The number of halogens is 2. The van der Waals surface area contributed by atoms with E-state index in [9.17, 15) is 17.2 Å². The topological polar surface area (TPSA) is 46.6 Å². The van der Waals surface area contributed by atoms with E-state index in [1.54, 1.807) is 0 Å². The van der Waals surface area contributed by atoms with Gasteiger partial charge >= 0.3 is 0 Å². The van der Waals surface area contributed by atoms with E-state index in [1.807, 2.05) is 0 Å². The molecule has 0 bridgehead atoms. The number of benzene rings is 1. The van der Waals surface area contributed by atoms with Crippen LogP contribution in [-0.2, 0) is 27.7 Å². The van der Waals surface area contributed by atoms with Gasteiger partial charge in [-0.2, -0.15) is 4.31 Å². The fraction of sp³-hybridized carbons (Fsp3) is 0.600. The standard InChI is InChI=1S/C15H19F2NO3S/c16-14-3-4-15(17)13-10-18(7-5-12(13)14)22(19,20)9-6-11-2-1-8-21-11/h3-4,11H,1-2,5-10H2/t11-/m0/s1. The Morgan fingerprint density at radius 1 is 1.23 bits per heavy atom. The van der Waals surface area contributed by atoms with Crippen LogP contribution in [-0.4, -0.2) is 37.7 Å². The number of hydrogen-bond acceptors (Lipinski definition) is 3. The van der Waals surface area contributed by atoms with Crippen LogP contribution in [0.2, 0.25) is 0 Å². The molecule has 1 aromatic carbocycles. The molecule has 2 aliphatic rings. The highest BCUT2D eigenvalue weighted by Gasteiger charge is 2.30. The van der Waals surface area contributed by atoms with E-state index in [-0.39, 0.29) is 36.9 Å². The smallest absolute Gasteiger partial charge is 0.214 e. The molecule has 2 aliphatic heterocycles. The summed E-state index contributed by atoms with van der Waals surface area (Å²) in [5, 5.41) is 0. The van der Waals surface area contributed by atoms with Crippen LogP contribution in [0.15, 0.2) is 12.1 Å². The van der Waals surface area contributed by atoms with Crippen LogP contribution in [0.1, 0.15) is 30.4 Å². The van der Waals surface area contributed by atoms with E-state index in [0.717, 1.165) is 25.0 Å². The highest BCUT2D eigenvalue weighted by Crippen LogP contribution is 2.27. The van der Waals surface area contributed by atoms with Crippen LogP contribution in [0.3, 0.4) is 0 Å². The normalized spacial score (nSPS) is 22.7. The Morgan fingerprint density at radius 2 is 1.95 bits per heavy atom. The summed E-state index contributed by atoms with van der Waals surface area (Å²) in [6.45, 7) is 0.792. The second kappa shape index (κ2) is 6.22. The molecule has 1 aromatic rings. The molecule has 1 atom stereocenters. The molecule has 0 aromatic heterocycles. The molecule has 0 N–H and O–H groups in total. The molecule has 0 radical (unpaired) electrons. The van der Waals surface area contributed by atoms with Crippen molar-refractivity contribution >= 4 is 10.0 Å². The van der Waals surface area contributed by atoms with Crippen molar-refractivity contribution in [3.05, 3.63) is 34.9 Å². The summed E-state index contributed by atoms with van der Waals surface area (Å²) in [6.07, 6.45) is 2.51. The molecule has 0 aliphatic carbocycles. The summed E-state index contributed by atoms with van der Waals surface area (Å²) >= 11 is 0. The van der Waals surface area contributed by atoms with Gasteiger partial charge in [0, 0.05) is 25.3 Å². The number of nitrogens with zero attached hydrogens (tertiary/aromatic N) is 1. The molecule has 1 fully saturated rings. The molecule has 0 saturated carbocycles. The lowest BCUT2D eigenvalue weighted by Gasteiger charge is -2.28. The predicted octanol–water partition coefficient (Wildman–Crippen LogP) is 2.22. The summed E-state index contributed by atoms with van der Waals surface area (Å²) in [5.41, 5.74) is 0.456. The van der Waals surface area contributed by atoms with Gasteiger partial charge in [-0.15, -0.1) is 0 Å². The second-order valence-corrected chi connectivity index (χ2v) is 7.90. The zero-order valence-corrected chi connectivity index (χ0v) is 13.0. The monoisotopic (exact) mass is 331 g/mol. The fourth-order valence-corrected chi connectivity index (χ4v) is 4.60. The van der Waals surface area contributed by atoms with E-state index in [4.69, 9.17) is 4.74 Å². The minimum absolute atomic E-state index is 0.000956. The lowest BCUT2D eigenvalue weighted by molar-refractivity contribution is 0.108. The average Bonchev–Trinajstić information content (AvgIpc) is 3.02. The number of hydrogen-bond donors (Lipinski definition) is 0. The van der Waals surface area contributed by atoms with Crippen LogP contribution in [0.5, 0.6) is 0 Å². The van der Waals surface area contributed by atoms with Crippen LogP contribution < -0.4 is 0 Å². The first-order valence-corrected chi connectivity index (χ1v) is 9.13. The molecule has 1 saturated heterocycles. The van der Waals surface area contributed by atoms with Crippen LogP contribution >= 0.6 is 0 Å². The van der Waals surface area contributed by atoms with Gasteiger partial charge in [0.15, 0.2) is 0 Å². The molecule has 0 unspecified atom stereocenters. The van der Waals surface area contributed by atoms with Crippen molar-refractivity contribution in [1.29, 1.82) is 0 Å². The first-order chi connectivity index (χ1) is 10.5. The molecular weight excluding hydrogens is 312 g/mol. The van der Waals surface area contributed by atoms with Crippen LogP contribution in [0, 0.1) is 11.6 Å². The average molecular weight is 331 g/mol. The summed E-state index contributed by atoms with van der Waals surface area (Å²) in [4.78, 5) is 0. The molecule has 3 rings (SSSR count). The van der Waals surface area contributed by atoms with Crippen molar-refractivity contribution < 1.29 is 21.9 Å². The Labute approximate surface area is 129 Å². The molecule has 0 amide bonds.